The highest BCUT2D eigenvalue weighted by Gasteiger charge is 2.68. The van der Waals surface area contributed by atoms with E-state index < -0.39 is 5.72 Å². The molecular formula is C16H23NO2. The van der Waals surface area contributed by atoms with Gasteiger partial charge in [0.1, 0.15) is 11.5 Å². The minimum atomic E-state index is -0.766. The highest BCUT2D eigenvalue weighted by molar-refractivity contribution is 5.86. The topological polar surface area (TPSA) is 40.5 Å². The van der Waals surface area contributed by atoms with Crippen LogP contribution in [-0.2, 0) is 4.79 Å². The molecule has 2 heterocycles. The first kappa shape index (κ1) is 12.1. The minimum absolute atomic E-state index is 0.0662. The summed E-state index contributed by atoms with van der Waals surface area (Å²) in [6.45, 7) is 4.01. The van der Waals surface area contributed by atoms with Crippen molar-refractivity contribution in [3.8, 4) is 0 Å². The van der Waals surface area contributed by atoms with Crippen molar-refractivity contribution in [3.05, 3.63) is 12.2 Å². The fourth-order valence-corrected chi connectivity index (χ4v) is 5.70. The molecule has 0 radical (unpaired) electrons. The van der Waals surface area contributed by atoms with Crippen molar-refractivity contribution < 1.29 is 9.90 Å². The molecule has 2 saturated carbocycles. The van der Waals surface area contributed by atoms with Crippen LogP contribution in [0.15, 0.2) is 12.2 Å². The molecule has 2 aliphatic heterocycles. The van der Waals surface area contributed by atoms with Gasteiger partial charge >= 0.3 is 0 Å². The molecule has 1 saturated heterocycles. The fraction of sp³-hybridized carbons (Fsp3) is 0.812. The van der Waals surface area contributed by atoms with Gasteiger partial charge in [-0.15, -0.1) is 0 Å². The van der Waals surface area contributed by atoms with Crippen molar-refractivity contribution in [3.63, 3.8) is 0 Å². The predicted octanol–water partition coefficient (Wildman–Crippen LogP) is 1.96. The molecule has 3 heteroatoms. The van der Waals surface area contributed by atoms with Crippen LogP contribution >= 0.6 is 0 Å². The molecule has 6 unspecified atom stereocenters. The summed E-state index contributed by atoms with van der Waals surface area (Å²) in [5, 5.41) is 11.5. The zero-order valence-corrected chi connectivity index (χ0v) is 11.6. The van der Waals surface area contributed by atoms with Gasteiger partial charge in [0.15, 0.2) is 0 Å². The summed E-state index contributed by atoms with van der Waals surface area (Å²) in [5.41, 5.74) is -1.04. The number of rotatable bonds is 0. The van der Waals surface area contributed by atoms with E-state index in [0.717, 1.165) is 38.8 Å². The molecule has 104 valence electrons. The van der Waals surface area contributed by atoms with Crippen LogP contribution in [0, 0.1) is 23.2 Å². The summed E-state index contributed by atoms with van der Waals surface area (Å²) in [5.74, 6) is 1.35. The van der Waals surface area contributed by atoms with E-state index in [4.69, 9.17) is 0 Å². The first-order valence-corrected chi connectivity index (χ1v) is 7.76. The van der Waals surface area contributed by atoms with Gasteiger partial charge < -0.3 is 5.11 Å². The van der Waals surface area contributed by atoms with E-state index in [1.165, 1.54) is 0 Å². The standard InChI is InChI=1S/C16H23NO2/c1-11-8-12-9-14(18)13-4-2-6-17-7-3-5-15(12,13)16(17,19)10-11/h3,5,11-13,19H,2,4,6-10H2,1H3. The molecule has 19 heavy (non-hydrogen) atoms. The lowest BCUT2D eigenvalue weighted by molar-refractivity contribution is -0.227. The van der Waals surface area contributed by atoms with Gasteiger partial charge in [-0.05, 0) is 37.5 Å². The van der Waals surface area contributed by atoms with E-state index in [1.807, 2.05) is 0 Å². The third kappa shape index (κ3) is 1.28. The van der Waals surface area contributed by atoms with Gasteiger partial charge in [-0.1, -0.05) is 19.1 Å². The molecule has 0 aromatic carbocycles. The van der Waals surface area contributed by atoms with Crippen LogP contribution < -0.4 is 0 Å². The van der Waals surface area contributed by atoms with Gasteiger partial charge in [0, 0.05) is 30.8 Å². The average Bonchev–Trinajstić information content (AvgIpc) is 2.59. The third-order valence-electron chi connectivity index (χ3n) is 6.27. The second kappa shape index (κ2) is 3.70. The first-order valence-electron chi connectivity index (χ1n) is 7.76. The number of carbonyl (C=O) groups excluding carboxylic acids is 1. The number of hydrogen-bond acceptors (Lipinski definition) is 3. The van der Waals surface area contributed by atoms with Gasteiger partial charge in [-0.25, -0.2) is 0 Å². The van der Waals surface area contributed by atoms with Crippen LogP contribution in [-0.4, -0.2) is 34.6 Å². The van der Waals surface area contributed by atoms with Crippen LogP contribution in [0.3, 0.4) is 0 Å². The molecule has 0 aromatic rings. The quantitative estimate of drug-likeness (QED) is 0.678. The molecule has 4 rings (SSSR count). The fourth-order valence-electron chi connectivity index (χ4n) is 5.70. The van der Waals surface area contributed by atoms with Crippen LogP contribution in [0.1, 0.15) is 39.0 Å². The molecule has 0 amide bonds. The number of carbonyl (C=O) groups is 1. The molecule has 1 spiro atoms. The Morgan fingerprint density at radius 1 is 1.47 bits per heavy atom. The molecule has 1 N–H and O–H groups in total. The number of aliphatic hydroxyl groups is 1. The Hall–Kier alpha value is -0.670. The van der Waals surface area contributed by atoms with E-state index in [0.29, 0.717) is 24.0 Å². The number of hydrogen-bond donors (Lipinski definition) is 1. The van der Waals surface area contributed by atoms with Crippen LogP contribution in [0.4, 0.5) is 0 Å². The maximum absolute atomic E-state index is 12.5. The lowest BCUT2D eigenvalue weighted by Gasteiger charge is -2.59. The normalized spacial score (nSPS) is 55.8. The Balaban J connectivity index is 1.94. The SMILES string of the molecule is CC1CC2CC(=O)C3CCCN4CC=CC23C4(O)C1. The van der Waals surface area contributed by atoms with Crippen molar-refractivity contribution >= 4 is 5.78 Å². The average molecular weight is 261 g/mol. The summed E-state index contributed by atoms with van der Waals surface area (Å²) in [6.07, 6.45) is 9.07. The van der Waals surface area contributed by atoms with Crippen molar-refractivity contribution in [2.75, 3.05) is 13.1 Å². The Kier molecular flexibility index (Phi) is 2.36. The molecule has 2 bridgehead atoms. The highest BCUT2D eigenvalue weighted by atomic mass is 16.3. The second-order valence-corrected chi connectivity index (χ2v) is 7.21. The molecule has 3 nitrogen and oxygen atoms in total. The van der Waals surface area contributed by atoms with E-state index in [1.54, 1.807) is 0 Å². The van der Waals surface area contributed by atoms with Crippen molar-refractivity contribution in [2.45, 2.75) is 44.8 Å². The van der Waals surface area contributed by atoms with Crippen LogP contribution in [0.5, 0.6) is 0 Å². The largest absolute Gasteiger partial charge is 0.375 e. The second-order valence-electron chi connectivity index (χ2n) is 7.21. The maximum atomic E-state index is 12.5. The molecule has 3 fully saturated rings. The lowest BCUT2D eigenvalue weighted by Crippen LogP contribution is -2.66. The molecule has 4 aliphatic rings. The van der Waals surface area contributed by atoms with Crippen molar-refractivity contribution in [2.24, 2.45) is 23.2 Å². The third-order valence-corrected chi connectivity index (χ3v) is 6.27. The van der Waals surface area contributed by atoms with Gasteiger partial charge in [0.05, 0.1) is 0 Å². The lowest BCUT2D eigenvalue weighted by atomic mass is 9.55. The Morgan fingerprint density at radius 3 is 3.16 bits per heavy atom. The van der Waals surface area contributed by atoms with E-state index in [9.17, 15) is 9.90 Å². The van der Waals surface area contributed by atoms with Gasteiger partial charge in [-0.3, -0.25) is 9.69 Å². The molecule has 0 aromatic heterocycles. The molecule has 2 aliphatic carbocycles. The Morgan fingerprint density at radius 2 is 2.32 bits per heavy atom. The minimum Gasteiger partial charge on any atom is -0.375 e. The van der Waals surface area contributed by atoms with E-state index in [2.05, 4.69) is 24.0 Å². The number of Topliss-reactive ketones (excluding diaryl/α,β-unsaturated/α-hetero) is 1. The van der Waals surface area contributed by atoms with E-state index in [-0.39, 0.29) is 11.3 Å². The zero-order valence-electron chi connectivity index (χ0n) is 11.6. The molecular weight excluding hydrogens is 238 g/mol. The summed E-state index contributed by atoms with van der Waals surface area (Å²) in [6, 6.07) is 0. The number of nitrogens with zero attached hydrogens (tertiary/aromatic N) is 1. The summed E-state index contributed by atoms with van der Waals surface area (Å²) in [7, 11) is 0. The van der Waals surface area contributed by atoms with Gasteiger partial charge in [0.2, 0.25) is 0 Å². The Labute approximate surface area is 114 Å². The predicted molar refractivity (Wildman–Crippen MR) is 72.3 cm³/mol. The first-order chi connectivity index (χ1) is 9.08. The number of ketones is 1. The Bertz CT molecular complexity index is 460. The summed E-state index contributed by atoms with van der Waals surface area (Å²) >= 11 is 0. The summed E-state index contributed by atoms with van der Waals surface area (Å²) in [4.78, 5) is 14.7. The zero-order chi connectivity index (χ0) is 13.3. The smallest absolute Gasteiger partial charge is 0.137 e. The van der Waals surface area contributed by atoms with Crippen molar-refractivity contribution in [1.29, 1.82) is 0 Å². The van der Waals surface area contributed by atoms with Gasteiger partial charge in [0.25, 0.3) is 0 Å². The maximum Gasteiger partial charge on any atom is 0.137 e. The summed E-state index contributed by atoms with van der Waals surface area (Å²) < 4.78 is 0. The van der Waals surface area contributed by atoms with Crippen molar-refractivity contribution in [1.82, 2.24) is 4.90 Å². The van der Waals surface area contributed by atoms with Crippen LogP contribution in [0.25, 0.3) is 0 Å². The van der Waals surface area contributed by atoms with Crippen LogP contribution in [0.2, 0.25) is 0 Å². The van der Waals surface area contributed by atoms with E-state index >= 15 is 0 Å². The monoisotopic (exact) mass is 261 g/mol. The highest BCUT2D eigenvalue weighted by Crippen LogP contribution is 2.64. The van der Waals surface area contributed by atoms with Gasteiger partial charge in [-0.2, -0.15) is 0 Å². The molecule has 6 atom stereocenters.